The van der Waals surface area contributed by atoms with Crippen LogP contribution in [0.4, 0.5) is 5.82 Å². The number of carboxylic acids is 1. The summed E-state index contributed by atoms with van der Waals surface area (Å²) in [5.41, 5.74) is -0.275. The maximum Gasteiger partial charge on any atom is 0.428 e. The predicted molar refractivity (Wildman–Crippen MR) is 67.9 cm³/mol. The number of carbonyl (C=O) groups is 1. The third-order valence-electron chi connectivity index (χ3n) is 3.01. The first-order chi connectivity index (χ1) is 10.1. The summed E-state index contributed by atoms with van der Waals surface area (Å²) in [4.78, 5) is 34.4. The molecule has 2 heterocycles. The molecule has 1 unspecified atom stereocenters. The van der Waals surface area contributed by atoms with Crippen LogP contribution in [0.25, 0.3) is 0 Å². The zero-order chi connectivity index (χ0) is 16.7. The molecule has 0 aromatic carbocycles. The number of hydrogen-bond donors (Lipinski definition) is 8. The molecule has 0 bridgehead atoms. The highest BCUT2D eigenvalue weighted by molar-refractivity contribution is 7.53. The van der Waals surface area contributed by atoms with Crippen LogP contribution in [0.1, 0.15) is 22.4 Å². The van der Waals surface area contributed by atoms with Crippen molar-refractivity contribution in [2.24, 2.45) is 0 Å². The number of aromatic amines is 1. The van der Waals surface area contributed by atoms with Crippen LogP contribution in [0.3, 0.4) is 0 Å². The molecule has 0 spiro atoms. The Morgan fingerprint density at radius 1 is 1.36 bits per heavy atom. The summed E-state index contributed by atoms with van der Waals surface area (Å²) >= 11 is 0. The number of H-pyrrole nitrogens is 1. The van der Waals surface area contributed by atoms with Crippen LogP contribution in [0.2, 0.25) is 0 Å². The Bertz CT molecular complexity index is 613. The van der Waals surface area contributed by atoms with Crippen molar-refractivity contribution in [3.05, 3.63) is 11.5 Å². The molecule has 0 amide bonds. The second kappa shape index (κ2) is 5.93. The van der Waals surface area contributed by atoms with Crippen molar-refractivity contribution in [2.75, 3.05) is 11.7 Å². The van der Waals surface area contributed by atoms with Gasteiger partial charge >= 0.3 is 13.7 Å². The smallest absolute Gasteiger partial charge is 0.428 e. The van der Waals surface area contributed by atoms with Gasteiger partial charge in [-0.15, -0.1) is 0 Å². The predicted octanol–water partition coefficient (Wildman–Crippen LogP) is -2.23. The number of ether oxygens (including phenoxy) is 1. The lowest BCUT2D eigenvalue weighted by molar-refractivity contribution is -0.0236. The molecule has 1 aromatic heterocycles. The second-order valence-electron chi connectivity index (χ2n) is 4.57. The fourth-order valence-electron chi connectivity index (χ4n) is 2.06. The van der Waals surface area contributed by atoms with E-state index in [0.29, 0.717) is 0 Å². The van der Waals surface area contributed by atoms with Crippen molar-refractivity contribution in [2.45, 2.75) is 24.4 Å². The molecule has 0 radical (unpaired) electrons. The lowest BCUT2D eigenvalue weighted by atomic mass is 10.1. The van der Waals surface area contributed by atoms with Gasteiger partial charge in [-0.3, -0.25) is 5.09 Å². The summed E-state index contributed by atoms with van der Waals surface area (Å²) in [5, 5.41) is 39.1. The van der Waals surface area contributed by atoms with Crippen LogP contribution in [0.5, 0.6) is 0 Å². The molecule has 1 fully saturated rings. The fraction of sp³-hybridized carbons (Fsp3) is 0.556. The van der Waals surface area contributed by atoms with Gasteiger partial charge in [-0.05, 0) is 0 Å². The minimum Gasteiger partial charge on any atom is -0.475 e. The molecule has 0 saturated carbocycles. The van der Waals surface area contributed by atoms with E-state index in [1.165, 1.54) is 0 Å². The monoisotopic (exact) mass is 339 g/mol. The van der Waals surface area contributed by atoms with Gasteiger partial charge in [0, 0.05) is 0 Å². The highest BCUT2D eigenvalue weighted by Gasteiger charge is 2.45. The number of anilines is 1. The van der Waals surface area contributed by atoms with E-state index in [0.717, 1.165) is 0 Å². The molecule has 4 atom stereocenters. The van der Waals surface area contributed by atoms with E-state index in [4.69, 9.17) is 24.7 Å². The average Bonchev–Trinajstić information content (AvgIpc) is 2.91. The molecule has 1 aliphatic rings. The maximum atomic E-state index is 11.0. The highest BCUT2D eigenvalue weighted by Crippen LogP contribution is 2.41. The second-order valence-corrected chi connectivity index (χ2v) is 5.88. The SMILES string of the molecule is O=C(O)c1nc(NP(=O)(O)O)c(C2O[C@H](CO)[C@@H](O)[C@H]2O)[nH]1. The lowest BCUT2D eigenvalue weighted by Gasteiger charge is -2.15. The highest BCUT2D eigenvalue weighted by atomic mass is 31.2. The molecular weight excluding hydrogens is 325 g/mol. The maximum absolute atomic E-state index is 11.0. The fourth-order valence-corrected chi connectivity index (χ4v) is 2.50. The largest absolute Gasteiger partial charge is 0.475 e. The van der Waals surface area contributed by atoms with Gasteiger partial charge in [0.1, 0.15) is 24.4 Å². The van der Waals surface area contributed by atoms with Crippen molar-refractivity contribution in [3.8, 4) is 0 Å². The Morgan fingerprint density at radius 2 is 2.00 bits per heavy atom. The van der Waals surface area contributed by atoms with Crippen LogP contribution in [0, 0.1) is 0 Å². The molecule has 2 rings (SSSR count). The van der Waals surface area contributed by atoms with E-state index < -0.39 is 56.4 Å². The first-order valence-electron chi connectivity index (χ1n) is 5.93. The van der Waals surface area contributed by atoms with Crippen LogP contribution >= 0.6 is 7.75 Å². The molecular formula is C9H14N3O9P. The summed E-state index contributed by atoms with van der Waals surface area (Å²) in [6, 6.07) is 0. The number of hydrogen-bond acceptors (Lipinski definition) is 7. The summed E-state index contributed by atoms with van der Waals surface area (Å²) in [6.07, 6.45) is -5.52. The minimum absolute atomic E-state index is 0.275. The van der Waals surface area contributed by atoms with Gasteiger partial charge in [-0.1, -0.05) is 0 Å². The summed E-state index contributed by atoms with van der Waals surface area (Å²) in [7, 11) is -4.80. The molecule has 12 nitrogen and oxygen atoms in total. The van der Waals surface area contributed by atoms with Crippen molar-refractivity contribution in [1.29, 1.82) is 0 Å². The molecule has 1 aliphatic heterocycles. The molecule has 124 valence electrons. The van der Waals surface area contributed by atoms with Gasteiger partial charge in [0.25, 0.3) is 0 Å². The van der Waals surface area contributed by atoms with Gasteiger partial charge in [-0.25, -0.2) is 14.3 Å². The molecule has 8 N–H and O–H groups in total. The van der Waals surface area contributed by atoms with Gasteiger partial charge in [0.2, 0.25) is 5.82 Å². The molecule has 0 aliphatic carbocycles. The zero-order valence-electron chi connectivity index (χ0n) is 10.8. The van der Waals surface area contributed by atoms with E-state index in [1.54, 1.807) is 5.09 Å². The standard InChI is InChI=1S/C9H14N3O9P/c13-1-2-4(14)5(15)6(21-2)3-7(12-22(18,19)20)11-8(10-3)9(16)17/h2,4-6,13-15H,1H2,(H,10,11)(H,16,17)(H3,12,18,19,20)/t2-,4-,5-,6?/m1/s1. The van der Waals surface area contributed by atoms with Crippen LogP contribution < -0.4 is 5.09 Å². The molecule has 1 saturated heterocycles. The number of nitrogens with one attached hydrogen (secondary N) is 2. The number of aromatic nitrogens is 2. The van der Waals surface area contributed by atoms with E-state index in [2.05, 4.69) is 9.97 Å². The Morgan fingerprint density at radius 3 is 2.45 bits per heavy atom. The van der Waals surface area contributed by atoms with E-state index in [-0.39, 0.29) is 5.69 Å². The Hall–Kier alpha value is -1.53. The Kier molecular flexibility index (Phi) is 4.54. The van der Waals surface area contributed by atoms with Crippen molar-refractivity contribution in [1.82, 2.24) is 9.97 Å². The Balaban J connectivity index is 2.41. The van der Waals surface area contributed by atoms with Crippen molar-refractivity contribution in [3.63, 3.8) is 0 Å². The topological polar surface area (TPSA) is 205 Å². The average molecular weight is 339 g/mol. The lowest BCUT2D eigenvalue weighted by Crippen LogP contribution is -2.32. The van der Waals surface area contributed by atoms with Crippen molar-refractivity contribution >= 4 is 19.5 Å². The Labute approximate surface area is 122 Å². The first-order valence-corrected chi connectivity index (χ1v) is 7.54. The number of carboxylic acid groups (broad SMARTS) is 1. The first kappa shape index (κ1) is 16.8. The number of rotatable bonds is 5. The summed E-state index contributed by atoms with van der Waals surface area (Å²) < 4.78 is 16.2. The van der Waals surface area contributed by atoms with E-state index in [1.807, 2.05) is 0 Å². The molecule has 1 aromatic rings. The van der Waals surface area contributed by atoms with E-state index in [9.17, 15) is 19.6 Å². The van der Waals surface area contributed by atoms with Gasteiger partial charge in [-0.2, -0.15) is 0 Å². The number of nitrogens with zero attached hydrogens (tertiary/aromatic N) is 1. The van der Waals surface area contributed by atoms with E-state index >= 15 is 0 Å². The number of aliphatic hydroxyl groups is 3. The van der Waals surface area contributed by atoms with Crippen LogP contribution in [-0.2, 0) is 9.30 Å². The normalized spacial score (nSPS) is 28.8. The molecule has 22 heavy (non-hydrogen) atoms. The summed E-state index contributed by atoms with van der Waals surface area (Å²) in [6.45, 7) is -0.615. The summed E-state index contributed by atoms with van der Waals surface area (Å²) in [5.74, 6) is -2.70. The van der Waals surface area contributed by atoms with Crippen LogP contribution in [0.15, 0.2) is 0 Å². The minimum atomic E-state index is -4.80. The molecule has 13 heteroatoms. The van der Waals surface area contributed by atoms with Crippen LogP contribution in [-0.4, -0.2) is 71.1 Å². The van der Waals surface area contributed by atoms with Gasteiger partial charge in [0.05, 0.1) is 12.3 Å². The zero-order valence-corrected chi connectivity index (χ0v) is 11.7. The van der Waals surface area contributed by atoms with Crippen molar-refractivity contribution < 1.29 is 44.3 Å². The number of imidazole rings is 1. The number of aliphatic hydroxyl groups excluding tert-OH is 3. The third kappa shape index (κ3) is 3.28. The third-order valence-corrected chi connectivity index (χ3v) is 3.52. The quantitative estimate of drug-likeness (QED) is 0.269. The van der Waals surface area contributed by atoms with Gasteiger partial charge < -0.3 is 39.9 Å². The number of aromatic carboxylic acids is 1. The van der Waals surface area contributed by atoms with Gasteiger partial charge in [0.15, 0.2) is 5.82 Å².